The number of nitrogens with one attached hydrogen (secondary N) is 1. The first kappa shape index (κ1) is 15.4. The van der Waals surface area contributed by atoms with E-state index in [2.05, 4.69) is 22.4 Å². The Morgan fingerprint density at radius 1 is 1.35 bits per heavy atom. The van der Waals surface area contributed by atoms with E-state index in [4.69, 9.17) is 4.42 Å². The van der Waals surface area contributed by atoms with Crippen molar-refractivity contribution in [2.75, 3.05) is 12.3 Å². The van der Waals surface area contributed by atoms with Crippen molar-refractivity contribution in [1.82, 2.24) is 15.5 Å². The fourth-order valence-electron chi connectivity index (χ4n) is 2.47. The van der Waals surface area contributed by atoms with E-state index in [1.165, 1.54) is 0 Å². The van der Waals surface area contributed by atoms with E-state index in [1.54, 1.807) is 0 Å². The van der Waals surface area contributed by atoms with E-state index < -0.39 is 15.1 Å². The molecule has 6 nitrogen and oxygen atoms in total. The molecule has 0 spiro atoms. The molecule has 2 rings (SSSR count). The van der Waals surface area contributed by atoms with Crippen LogP contribution in [0.3, 0.4) is 0 Å². The van der Waals surface area contributed by atoms with Gasteiger partial charge in [-0.15, -0.1) is 10.2 Å². The van der Waals surface area contributed by atoms with Crippen LogP contribution in [0.25, 0.3) is 0 Å². The molecule has 2 heterocycles. The van der Waals surface area contributed by atoms with Crippen molar-refractivity contribution in [3.8, 4) is 0 Å². The third-order valence-electron chi connectivity index (χ3n) is 3.66. The molecule has 20 heavy (non-hydrogen) atoms. The third-order valence-corrected chi connectivity index (χ3v) is 5.82. The van der Waals surface area contributed by atoms with Crippen LogP contribution in [0.2, 0.25) is 0 Å². The van der Waals surface area contributed by atoms with E-state index in [1.807, 2.05) is 6.92 Å². The summed E-state index contributed by atoms with van der Waals surface area (Å²) in [7, 11) is -3.13. The SMILES string of the molecule is CCCNC(CC)c1nnc(C2CCCCS2(=O)=O)o1. The minimum absolute atomic E-state index is 0.00231. The number of nitrogens with zero attached hydrogens (tertiary/aromatic N) is 2. The number of hydrogen-bond acceptors (Lipinski definition) is 6. The molecule has 0 saturated carbocycles. The molecule has 1 aliphatic heterocycles. The molecule has 0 bridgehead atoms. The van der Waals surface area contributed by atoms with E-state index >= 15 is 0 Å². The first-order chi connectivity index (χ1) is 9.58. The largest absolute Gasteiger partial charge is 0.422 e. The predicted molar refractivity (Wildman–Crippen MR) is 76.0 cm³/mol. The molecule has 1 aliphatic rings. The summed E-state index contributed by atoms with van der Waals surface area (Å²) in [6.45, 7) is 5.00. The summed E-state index contributed by atoms with van der Waals surface area (Å²) < 4.78 is 29.8. The highest BCUT2D eigenvalue weighted by molar-refractivity contribution is 7.91. The normalized spacial score (nSPS) is 23.6. The molecule has 7 heteroatoms. The molecule has 1 fully saturated rings. The summed E-state index contributed by atoms with van der Waals surface area (Å²) in [5.41, 5.74) is 0. The quantitative estimate of drug-likeness (QED) is 0.866. The zero-order chi connectivity index (χ0) is 14.6. The van der Waals surface area contributed by atoms with Crippen molar-refractivity contribution in [3.63, 3.8) is 0 Å². The highest BCUT2D eigenvalue weighted by Gasteiger charge is 2.35. The van der Waals surface area contributed by atoms with Gasteiger partial charge in [-0.05, 0) is 32.2 Å². The lowest BCUT2D eigenvalue weighted by Crippen LogP contribution is -2.22. The maximum atomic E-state index is 12.1. The lowest BCUT2D eigenvalue weighted by molar-refractivity contribution is 0.364. The van der Waals surface area contributed by atoms with Gasteiger partial charge in [0.15, 0.2) is 9.84 Å². The van der Waals surface area contributed by atoms with Gasteiger partial charge in [-0.2, -0.15) is 0 Å². The molecule has 1 aromatic rings. The Balaban J connectivity index is 2.15. The number of rotatable bonds is 6. The lowest BCUT2D eigenvalue weighted by Gasteiger charge is -2.18. The maximum absolute atomic E-state index is 12.1. The average molecular weight is 301 g/mol. The Morgan fingerprint density at radius 2 is 2.15 bits per heavy atom. The van der Waals surface area contributed by atoms with Gasteiger partial charge in [-0.25, -0.2) is 8.42 Å². The summed E-state index contributed by atoms with van der Waals surface area (Å²) >= 11 is 0. The fourth-order valence-corrected chi connectivity index (χ4v) is 4.29. The standard InChI is InChI=1S/C13H23N3O3S/c1-3-8-14-10(4-2)12-15-16-13(19-12)11-7-5-6-9-20(11,17)18/h10-11,14H,3-9H2,1-2H3. The number of hydrogen-bond donors (Lipinski definition) is 1. The molecule has 0 aliphatic carbocycles. The maximum Gasteiger partial charge on any atom is 0.234 e. The van der Waals surface area contributed by atoms with Crippen molar-refractivity contribution >= 4 is 9.84 Å². The molecule has 0 aromatic carbocycles. The van der Waals surface area contributed by atoms with Gasteiger partial charge in [-0.1, -0.05) is 20.3 Å². The van der Waals surface area contributed by atoms with Crippen LogP contribution in [0.4, 0.5) is 0 Å². The second-order valence-corrected chi connectivity index (χ2v) is 7.55. The molecular formula is C13H23N3O3S. The molecule has 1 N–H and O–H groups in total. The van der Waals surface area contributed by atoms with Crippen molar-refractivity contribution in [1.29, 1.82) is 0 Å². The first-order valence-electron chi connectivity index (χ1n) is 7.36. The van der Waals surface area contributed by atoms with Gasteiger partial charge in [0, 0.05) is 0 Å². The minimum Gasteiger partial charge on any atom is -0.422 e. The highest BCUT2D eigenvalue weighted by Crippen LogP contribution is 2.33. The predicted octanol–water partition coefficient (Wildman–Crippen LogP) is 2.16. The van der Waals surface area contributed by atoms with Crippen molar-refractivity contribution in [3.05, 3.63) is 11.8 Å². The number of aromatic nitrogens is 2. The van der Waals surface area contributed by atoms with Gasteiger partial charge in [-0.3, -0.25) is 0 Å². The van der Waals surface area contributed by atoms with Gasteiger partial charge < -0.3 is 9.73 Å². The van der Waals surface area contributed by atoms with Crippen molar-refractivity contribution in [2.45, 2.75) is 57.2 Å². The second kappa shape index (κ2) is 6.67. The minimum atomic E-state index is -3.13. The zero-order valence-corrected chi connectivity index (χ0v) is 12.9. The first-order valence-corrected chi connectivity index (χ1v) is 9.08. The van der Waals surface area contributed by atoms with Crippen molar-refractivity contribution in [2.24, 2.45) is 0 Å². The van der Waals surface area contributed by atoms with E-state index in [0.29, 0.717) is 12.3 Å². The van der Waals surface area contributed by atoms with Crippen LogP contribution in [-0.4, -0.2) is 30.9 Å². The van der Waals surface area contributed by atoms with Gasteiger partial charge in [0.05, 0.1) is 11.8 Å². The van der Waals surface area contributed by atoms with Gasteiger partial charge >= 0.3 is 0 Å². The number of sulfone groups is 1. The smallest absolute Gasteiger partial charge is 0.234 e. The average Bonchev–Trinajstić information content (AvgIpc) is 2.88. The summed E-state index contributed by atoms with van der Waals surface area (Å²) in [5, 5.41) is 10.7. The van der Waals surface area contributed by atoms with Gasteiger partial charge in [0.2, 0.25) is 11.8 Å². The van der Waals surface area contributed by atoms with E-state index in [-0.39, 0.29) is 17.7 Å². The Hall–Kier alpha value is -0.950. The Bertz CT molecular complexity index is 527. The molecule has 0 amide bonds. The van der Waals surface area contributed by atoms with Crippen molar-refractivity contribution < 1.29 is 12.8 Å². The van der Waals surface area contributed by atoms with E-state index in [0.717, 1.165) is 32.2 Å². The van der Waals surface area contributed by atoms with Gasteiger partial charge in [0.25, 0.3) is 0 Å². The molecule has 2 atom stereocenters. The topological polar surface area (TPSA) is 85.1 Å². The van der Waals surface area contributed by atoms with Crippen LogP contribution in [0.15, 0.2) is 4.42 Å². The summed E-state index contributed by atoms with van der Waals surface area (Å²) in [6.07, 6.45) is 4.07. The molecule has 2 unspecified atom stereocenters. The molecule has 114 valence electrons. The van der Waals surface area contributed by atoms with Crippen LogP contribution < -0.4 is 5.32 Å². The molecule has 1 saturated heterocycles. The van der Waals surface area contributed by atoms with Gasteiger partial charge in [0.1, 0.15) is 5.25 Å². The molecule has 1 aromatic heterocycles. The van der Waals surface area contributed by atoms with Crippen LogP contribution in [0, 0.1) is 0 Å². The second-order valence-electron chi connectivity index (χ2n) is 5.24. The Kier molecular flexibility index (Phi) is 5.15. The van der Waals surface area contributed by atoms with Crippen LogP contribution >= 0.6 is 0 Å². The molecule has 0 radical (unpaired) electrons. The Morgan fingerprint density at radius 3 is 2.80 bits per heavy atom. The lowest BCUT2D eigenvalue weighted by atomic mass is 10.2. The highest BCUT2D eigenvalue weighted by atomic mass is 32.2. The van der Waals surface area contributed by atoms with E-state index in [9.17, 15) is 8.42 Å². The third kappa shape index (κ3) is 3.38. The molecular weight excluding hydrogens is 278 g/mol. The summed E-state index contributed by atoms with van der Waals surface area (Å²) in [4.78, 5) is 0. The fraction of sp³-hybridized carbons (Fsp3) is 0.846. The summed E-state index contributed by atoms with van der Waals surface area (Å²) in [6, 6.07) is 0.00231. The van der Waals surface area contributed by atoms with Crippen LogP contribution in [0.1, 0.15) is 69.0 Å². The zero-order valence-electron chi connectivity index (χ0n) is 12.1. The van der Waals surface area contributed by atoms with Crippen LogP contribution in [-0.2, 0) is 9.84 Å². The monoisotopic (exact) mass is 301 g/mol. The Labute approximate surface area is 120 Å². The van der Waals surface area contributed by atoms with Crippen LogP contribution in [0.5, 0.6) is 0 Å². The summed E-state index contributed by atoms with van der Waals surface area (Å²) in [5.74, 6) is 0.980.